The fraction of sp³-hybridized carbons (Fsp3) is 0.938. The van der Waals surface area contributed by atoms with E-state index in [1.165, 1.54) is 12.8 Å². The Kier molecular flexibility index (Phi) is 6.30. The van der Waals surface area contributed by atoms with Crippen LogP contribution in [0.5, 0.6) is 0 Å². The highest BCUT2D eigenvalue weighted by Crippen LogP contribution is 2.19. The lowest BCUT2D eigenvalue weighted by atomic mass is 9.95. The largest absolute Gasteiger partial charge is 0.367 e. The summed E-state index contributed by atoms with van der Waals surface area (Å²) in [7, 11) is 0. The summed E-state index contributed by atoms with van der Waals surface area (Å²) in [5.74, 6) is 0.181. The first-order valence-electron chi connectivity index (χ1n) is 8.36. The Balaban J connectivity index is 1.76. The Morgan fingerprint density at radius 1 is 1.20 bits per heavy atom. The minimum absolute atomic E-state index is 0.181. The van der Waals surface area contributed by atoms with E-state index in [0.717, 1.165) is 45.2 Å². The summed E-state index contributed by atoms with van der Waals surface area (Å²) in [6, 6.07) is 0.969. The standard InChI is InChI=1S/C16H30N2O2/c1-3-14-15(9-8-13(2)17-14)20-12-16(19)18-10-6-4-5-7-11-18/h13-15,17H,3-12H2,1-2H3. The van der Waals surface area contributed by atoms with Crippen LogP contribution >= 0.6 is 0 Å². The summed E-state index contributed by atoms with van der Waals surface area (Å²) in [5, 5.41) is 3.58. The van der Waals surface area contributed by atoms with Crippen LogP contribution in [0.25, 0.3) is 0 Å². The minimum Gasteiger partial charge on any atom is -0.367 e. The van der Waals surface area contributed by atoms with Gasteiger partial charge >= 0.3 is 0 Å². The van der Waals surface area contributed by atoms with Crippen molar-refractivity contribution in [3.05, 3.63) is 0 Å². The van der Waals surface area contributed by atoms with Crippen LogP contribution < -0.4 is 5.32 Å². The molecule has 2 saturated heterocycles. The molecule has 0 spiro atoms. The molecule has 2 heterocycles. The molecule has 20 heavy (non-hydrogen) atoms. The number of likely N-dealkylation sites (tertiary alicyclic amines) is 1. The number of nitrogens with zero attached hydrogens (tertiary/aromatic N) is 1. The lowest BCUT2D eigenvalue weighted by Crippen LogP contribution is -2.50. The molecule has 0 radical (unpaired) electrons. The summed E-state index contributed by atoms with van der Waals surface area (Å²) in [4.78, 5) is 14.2. The monoisotopic (exact) mass is 282 g/mol. The molecule has 3 atom stereocenters. The second-order valence-electron chi connectivity index (χ2n) is 6.30. The molecular formula is C16H30N2O2. The normalized spacial score (nSPS) is 31.9. The van der Waals surface area contributed by atoms with Crippen molar-refractivity contribution < 1.29 is 9.53 Å². The topological polar surface area (TPSA) is 41.6 Å². The van der Waals surface area contributed by atoms with Gasteiger partial charge in [-0.3, -0.25) is 4.79 Å². The van der Waals surface area contributed by atoms with E-state index in [-0.39, 0.29) is 18.6 Å². The van der Waals surface area contributed by atoms with Crippen molar-refractivity contribution in [2.24, 2.45) is 0 Å². The van der Waals surface area contributed by atoms with Gasteiger partial charge in [0.15, 0.2) is 0 Å². The number of amides is 1. The zero-order valence-electron chi connectivity index (χ0n) is 13.1. The average molecular weight is 282 g/mol. The number of hydrogen-bond donors (Lipinski definition) is 1. The summed E-state index contributed by atoms with van der Waals surface area (Å²) < 4.78 is 5.94. The minimum atomic E-state index is 0.181. The van der Waals surface area contributed by atoms with Crippen molar-refractivity contribution in [1.29, 1.82) is 0 Å². The Labute approximate surface area is 123 Å². The third-order valence-electron chi connectivity index (χ3n) is 4.65. The first-order chi connectivity index (χ1) is 9.70. The number of nitrogens with one attached hydrogen (secondary N) is 1. The first-order valence-corrected chi connectivity index (χ1v) is 8.36. The molecule has 2 rings (SSSR count). The third kappa shape index (κ3) is 4.45. The third-order valence-corrected chi connectivity index (χ3v) is 4.65. The number of ether oxygens (including phenoxy) is 1. The Morgan fingerprint density at radius 2 is 1.90 bits per heavy atom. The van der Waals surface area contributed by atoms with E-state index in [1.54, 1.807) is 0 Å². The molecular weight excluding hydrogens is 252 g/mol. The van der Waals surface area contributed by atoms with E-state index in [9.17, 15) is 4.79 Å². The second-order valence-corrected chi connectivity index (χ2v) is 6.30. The molecule has 2 fully saturated rings. The van der Waals surface area contributed by atoms with E-state index in [1.807, 2.05) is 4.90 Å². The number of carbonyl (C=O) groups is 1. The summed E-state index contributed by atoms with van der Waals surface area (Å²) in [6.07, 6.45) is 8.27. The number of hydrogen-bond acceptors (Lipinski definition) is 3. The SMILES string of the molecule is CCC1NC(C)CCC1OCC(=O)N1CCCCCC1. The van der Waals surface area contributed by atoms with Crippen molar-refractivity contribution in [1.82, 2.24) is 10.2 Å². The van der Waals surface area contributed by atoms with Crippen molar-refractivity contribution >= 4 is 5.91 Å². The lowest BCUT2D eigenvalue weighted by molar-refractivity contribution is -0.139. The molecule has 0 aromatic rings. The molecule has 0 aliphatic carbocycles. The number of rotatable bonds is 4. The first kappa shape index (κ1) is 15.8. The van der Waals surface area contributed by atoms with E-state index >= 15 is 0 Å². The number of carbonyl (C=O) groups excluding carboxylic acids is 1. The zero-order valence-corrected chi connectivity index (χ0v) is 13.1. The molecule has 2 aliphatic rings. The van der Waals surface area contributed by atoms with Crippen LogP contribution in [0.15, 0.2) is 0 Å². The summed E-state index contributed by atoms with van der Waals surface area (Å²) in [5.41, 5.74) is 0. The van der Waals surface area contributed by atoms with Gasteiger partial charge in [0.1, 0.15) is 6.61 Å². The Hall–Kier alpha value is -0.610. The highest BCUT2D eigenvalue weighted by molar-refractivity contribution is 5.77. The van der Waals surface area contributed by atoms with E-state index in [2.05, 4.69) is 19.2 Å². The van der Waals surface area contributed by atoms with Crippen molar-refractivity contribution in [2.75, 3.05) is 19.7 Å². The van der Waals surface area contributed by atoms with Crippen LogP contribution in [-0.2, 0) is 9.53 Å². The molecule has 116 valence electrons. The maximum atomic E-state index is 12.2. The van der Waals surface area contributed by atoms with Gasteiger partial charge < -0.3 is 15.0 Å². The van der Waals surface area contributed by atoms with Crippen molar-refractivity contribution in [3.8, 4) is 0 Å². The Bertz CT molecular complexity index is 301. The van der Waals surface area contributed by atoms with E-state index < -0.39 is 0 Å². The average Bonchev–Trinajstić information content (AvgIpc) is 2.74. The van der Waals surface area contributed by atoms with Gasteiger partial charge in [0.25, 0.3) is 0 Å². The van der Waals surface area contributed by atoms with Crippen LogP contribution in [0.4, 0.5) is 0 Å². The second kappa shape index (κ2) is 7.99. The highest BCUT2D eigenvalue weighted by atomic mass is 16.5. The molecule has 1 amide bonds. The molecule has 3 unspecified atom stereocenters. The maximum absolute atomic E-state index is 12.2. The van der Waals surface area contributed by atoms with Gasteiger partial charge in [0.05, 0.1) is 6.10 Å². The van der Waals surface area contributed by atoms with Gasteiger partial charge in [-0.25, -0.2) is 0 Å². The fourth-order valence-electron chi connectivity index (χ4n) is 3.34. The highest BCUT2D eigenvalue weighted by Gasteiger charge is 2.28. The van der Waals surface area contributed by atoms with Crippen molar-refractivity contribution in [2.45, 2.75) is 77.0 Å². The summed E-state index contributed by atoms with van der Waals surface area (Å²) >= 11 is 0. The number of piperidine rings is 1. The van der Waals surface area contributed by atoms with Gasteiger partial charge in [0.2, 0.25) is 5.91 Å². The van der Waals surface area contributed by atoms with Gasteiger partial charge in [-0.15, -0.1) is 0 Å². The summed E-state index contributed by atoms with van der Waals surface area (Å²) in [6.45, 7) is 6.50. The zero-order chi connectivity index (χ0) is 14.4. The quantitative estimate of drug-likeness (QED) is 0.860. The maximum Gasteiger partial charge on any atom is 0.248 e. The molecule has 0 aromatic carbocycles. The Morgan fingerprint density at radius 3 is 2.55 bits per heavy atom. The molecule has 0 bridgehead atoms. The molecule has 0 saturated carbocycles. The van der Waals surface area contributed by atoms with Gasteiger partial charge in [-0.05, 0) is 39.0 Å². The van der Waals surface area contributed by atoms with E-state index in [0.29, 0.717) is 12.1 Å². The van der Waals surface area contributed by atoms with E-state index in [4.69, 9.17) is 4.74 Å². The molecule has 1 N–H and O–H groups in total. The lowest BCUT2D eigenvalue weighted by Gasteiger charge is -2.35. The predicted molar refractivity (Wildman–Crippen MR) is 80.7 cm³/mol. The van der Waals surface area contributed by atoms with Crippen LogP contribution in [0.3, 0.4) is 0 Å². The van der Waals surface area contributed by atoms with Crippen LogP contribution in [-0.4, -0.2) is 48.7 Å². The van der Waals surface area contributed by atoms with Crippen LogP contribution in [0.1, 0.15) is 58.8 Å². The molecule has 2 aliphatic heterocycles. The molecule has 4 nitrogen and oxygen atoms in total. The van der Waals surface area contributed by atoms with Gasteiger partial charge in [-0.2, -0.15) is 0 Å². The molecule has 4 heteroatoms. The van der Waals surface area contributed by atoms with Gasteiger partial charge in [0, 0.05) is 25.2 Å². The molecule has 0 aromatic heterocycles. The van der Waals surface area contributed by atoms with Crippen LogP contribution in [0.2, 0.25) is 0 Å². The van der Waals surface area contributed by atoms with Gasteiger partial charge in [-0.1, -0.05) is 19.8 Å². The predicted octanol–water partition coefficient (Wildman–Crippen LogP) is 2.32. The van der Waals surface area contributed by atoms with Crippen LogP contribution in [0, 0.1) is 0 Å². The smallest absolute Gasteiger partial charge is 0.248 e. The fourth-order valence-corrected chi connectivity index (χ4v) is 3.34. The van der Waals surface area contributed by atoms with Crippen molar-refractivity contribution in [3.63, 3.8) is 0 Å².